The molecule has 3 N–H and O–H groups in total. The van der Waals surface area contributed by atoms with Gasteiger partial charge in [0, 0.05) is 6.04 Å². The number of rotatable bonds is 6. The molecule has 2 aromatic rings. The van der Waals surface area contributed by atoms with Crippen LogP contribution in [-0.4, -0.2) is 27.3 Å². The number of carbonyl (C=O) groups is 1. The number of amides is 2. The zero-order valence-corrected chi connectivity index (χ0v) is 13.3. The molecule has 0 aliphatic rings. The van der Waals surface area contributed by atoms with Gasteiger partial charge in [0.15, 0.2) is 0 Å². The van der Waals surface area contributed by atoms with Gasteiger partial charge in [-0.05, 0) is 32.3 Å². The van der Waals surface area contributed by atoms with Crippen LogP contribution in [0.4, 0.5) is 4.79 Å². The Morgan fingerprint density at radius 2 is 2.00 bits per heavy atom. The molecular formula is C16H23N5O. The third-order valence-corrected chi connectivity index (χ3v) is 3.62. The van der Waals surface area contributed by atoms with Gasteiger partial charge < -0.3 is 10.6 Å². The summed E-state index contributed by atoms with van der Waals surface area (Å²) in [4.78, 5) is 16.1. The molecule has 0 bridgehead atoms. The Balaban J connectivity index is 1.86. The van der Waals surface area contributed by atoms with E-state index >= 15 is 0 Å². The highest BCUT2D eigenvalue weighted by molar-refractivity contribution is 5.74. The molecule has 0 saturated carbocycles. The number of benzene rings is 1. The van der Waals surface area contributed by atoms with E-state index in [9.17, 15) is 4.79 Å². The second-order valence-electron chi connectivity index (χ2n) is 5.51. The maximum atomic E-state index is 12.1. The van der Waals surface area contributed by atoms with Crippen LogP contribution < -0.4 is 10.6 Å². The molecule has 0 aliphatic heterocycles. The van der Waals surface area contributed by atoms with Crippen molar-refractivity contribution in [3.05, 3.63) is 47.5 Å². The number of hydrogen-bond donors (Lipinski definition) is 3. The summed E-state index contributed by atoms with van der Waals surface area (Å²) in [5, 5.41) is 12.4. The largest absolute Gasteiger partial charge is 0.335 e. The van der Waals surface area contributed by atoms with Crippen molar-refractivity contribution in [2.45, 2.75) is 45.7 Å². The first-order valence-corrected chi connectivity index (χ1v) is 7.56. The number of aromatic amines is 1. The van der Waals surface area contributed by atoms with Gasteiger partial charge in [0.2, 0.25) is 0 Å². The first-order valence-electron chi connectivity index (χ1n) is 7.56. The van der Waals surface area contributed by atoms with Gasteiger partial charge in [0.05, 0.1) is 6.04 Å². The molecule has 2 rings (SSSR count). The SMILES string of the molecule is CC[C@@H](Cc1ccc(C)cc1)NC(=O)N[C@@H](C)c1ncn[nH]1. The topological polar surface area (TPSA) is 82.7 Å². The number of aromatic nitrogens is 3. The van der Waals surface area contributed by atoms with E-state index in [1.165, 1.54) is 17.5 Å². The Kier molecular flexibility index (Phi) is 5.52. The fraction of sp³-hybridized carbons (Fsp3) is 0.438. The predicted octanol–water partition coefficient (Wildman–Crippen LogP) is 2.49. The Morgan fingerprint density at radius 1 is 1.27 bits per heavy atom. The van der Waals surface area contributed by atoms with Crippen molar-refractivity contribution in [3.8, 4) is 0 Å². The smallest absolute Gasteiger partial charge is 0.315 e. The summed E-state index contributed by atoms with van der Waals surface area (Å²) in [7, 11) is 0. The highest BCUT2D eigenvalue weighted by Gasteiger charge is 2.15. The maximum Gasteiger partial charge on any atom is 0.315 e. The first kappa shape index (κ1) is 16.0. The second-order valence-corrected chi connectivity index (χ2v) is 5.51. The van der Waals surface area contributed by atoms with Crippen LogP contribution in [0, 0.1) is 6.92 Å². The van der Waals surface area contributed by atoms with Crippen molar-refractivity contribution in [3.63, 3.8) is 0 Å². The number of H-pyrrole nitrogens is 1. The Labute approximate surface area is 130 Å². The molecule has 118 valence electrons. The minimum atomic E-state index is -0.209. The highest BCUT2D eigenvalue weighted by atomic mass is 16.2. The summed E-state index contributed by atoms with van der Waals surface area (Å²) in [6.07, 6.45) is 3.12. The summed E-state index contributed by atoms with van der Waals surface area (Å²) in [5.74, 6) is 0.640. The molecule has 0 saturated heterocycles. The first-order chi connectivity index (χ1) is 10.6. The summed E-state index contributed by atoms with van der Waals surface area (Å²) in [5.41, 5.74) is 2.46. The Hall–Kier alpha value is -2.37. The highest BCUT2D eigenvalue weighted by Crippen LogP contribution is 2.09. The molecule has 6 nitrogen and oxygen atoms in total. The summed E-state index contributed by atoms with van der Waals surface area (Å²) in [6.45, 7) is 6.00. The average molecular weight is 301 g/mol. The van der Waals surface area contributed by atoms with Crippen molar-refractivity contribution < 1.29 is 4.79 Å². The van der Waals surface area contributed by atoms with Gasteiger partial charge in [-0.25, -0.2) is 9.78 Å². The number of hydrogen-bond acceptors (Lipinski definition) is 3. The summed E-state index contributed by atoms with van der Waals surface area (Å²) < 4.78 is 0. The number of urea groups is 1. The molecule has 0 spiro atoms. The van der Waals surface area contributed by atoms with Gasteiger partial charge in [0.1, 0.15) is 12.2 Å². The van der Waals surface area contributed by atoms with E-state index in [1.807, 2.05) is 6.92 Å². The predicted molar refractivity (Wildman–Crippen MR) is 85.4 cm³/mol. The standard InChI is InChI=1S/C16H23N5O/c1-4-14(9-13-7-5-11(2)6-8-13)20-16(22)19-12(3)15-17-10-18-21-15/h5-8,10,12,14H,4,9H2,1-3H3,(H,17,18,21)(H2,19,20,22)/t12-,14-/m0/s1. The molecular weight excluding hydrogens is 278 g/mol. The Morgan fingerprint density at radius 3 is 2.59 bits per heavy atom. The second kappa shape index (κ2) is 7.59. The average Bonchev–Trinajstić information content (AvgIpc) is 3.03. The van der Waals surface area contributed by atoms with Crippen LogP contribution in [0.25, 0.3) is 0 Å². The lowest BCUT2D eigenvalue weighted by atomic mass is 10.0. The van der Waals surface area contributed by atoms with Crippen LogP contribution in [0.15, 0.2) is 30.6 Å². The summed E-state index contributed by atoms with van der Waals surface area (Å²) >= 11 is 0. The maximum absolute atomic E-state index is 12.1. The lowest BCUT2D eigenvalue weighted by Gasteiger charge is -2.19. The molecule has 2 atom stereocenters. The summed E-state index contributed by atoms with van der Waals surface area (Å²) in [6, 6.07) is 8.10. The molecule has 0 aliphatic carbocycles. The number of nitrogens with zero attached hydrogens (tertiary/aromatic N) is 2. The number of aryl methyl sites for hydroxylation is 1. The van der Waals surface area contributed by atoms with Crippen molar-refractivity contribution >= 4 is 6.03 Å². The lowest BCUT2D eigenvalue weighted by molar-refractivity contribution is 0.233. The van der Waals surface area contributed by atoms with E-state index in [2.05, 4.69) is 63.9 Å². The fourth-order valence-corrected chi connectivity index (χ4v) is 2.22. The number of nitrogens with one attached hydrogen (secondary N) is 3. The van der Waals surface area contributed by atoms with Crippen LogP contribution in [-0.2, 0) is 6.42 Å². The van der Waals surface area contributed by atoms with Crippen LogP contribution in [0.3, 0.4) is 0 Å². The van der Waals surface area contributed by atoms with Crippen LogP contribution in [0.2, 0.25) is 0 Å². The van der Waals surface area contributed by atoms with E-state index in [-0.39, 0.29) is 18.1 Å². The van der Waals surface area contributed by atoms with Gasteiger partial charge in [0.25, 0.3) is 0 Å². The zero-order valence-electron chi connectivity index (χ0n) is 13.3. The van der Waals surface area contributed by atoms with Gasteiger partial charge in [-0.2, -0.15) is 5.10 Å². The van der Waals surface area contributed by atoms with Crippen LogP contribution >= 0.6 is 0 Å². The van der Waals surface area contributed by atoms with E-state index < -0.39 is 0 Å². The Bertz CT molecular complexity index is 579. The number of carbonyl (C=O) groups excluding carboxylic acids is 1. The van der Waals surface area contributed by atoms with Crippen molar-refractivity contribution in [2.24, 2.45) is 0 Å². The van der Waals surface area contributed by atoms with E-state index in [4.69, 9.17) is 0 Å². The van der Waals surface area contributed by atoms with E-state index in [0.29, 0.717) is 5.82 Å². The zero-order chi connectivity index (χ0) is 15.9. The van der Waals surface area contributed by atoms with Crippen molar-refractivity contribution in [1.82, 2.24) is 25.8 Å². The normalized spacial score (nSPS) is 13.4. The molecule has 0 fully saturated rings. The minimum absolute atomic E-state index is 0.102. The third kappa shape index (κ3) is 4.58. The molecule has 2 amide bonds. The molecule has 1 aromatic carbocycles. The molecule has 22 heavy (non-hydrogen) atoms. The van der Waals surface area contributed by atoms with Crippen LogP contribution in [0.1, 0.15) is 43.3 Å². The van der Waals surface area contributed by atoms with Gasteiger partial charge in [-0.15, -0.1) is 0 Å². The molecule has 6 heteroatoms. The van der Waals surface area contributed by atoms with Crippen molar-refractivity contribution in [2.75, 3.05) is 0 Å². The van der Waals surface area contributed by atoms with Crippen LogP contribution in [0.5, 0.6) is 0 Å². The van der Waals surface area contributed by atoms with E-state index in [0.717, 1.165) is 12.8 Å². The van der Waals surface area contributed by atoms with E-state index in [1.54, 1.807) is 0 Å². The van der Waals surface area contributed by atoms with Gasteiger partial charge in [-0.1, -0.05) is 36.8 Å². The van der Waals surface area contributed by atoms with Gasteiger partial charge >= 0.3 is 6.03 Å². The van der Waals surface area contributed by atoms with Gasteiger partial charge in [-0.3, -0.25) is 5.10 Å². The molecule has 1 heterocycles. The fourth-order valence-electron chi connectivity index (χ4n) is 2.22. The van der Waals surface area contributed by atoms with Crippen molar-refractivity contribution in [1.29, 1.82) is 0 Å². The minimum Gasteiger partial charge on any atom is -0.335 e. The lowest BCUT2D eigenvalue weighted by Crippen LogP contribution is -2.43. The quantitative estimate of drug-likeness (QED) is 0.766. The molecule has 1 aromatic heterocycles. The molecule has 0 radical (unpaired) electrons. The third-order valence-electron chi connectivity index (χ3n) is 3.62. The molecule has 0 unspecified atom stereocenters. The monoisotopic (exact) mass is 301 g/mol.